The number of hydrogen-bond donors (Lipinski definition) is 3. The zero-order valence-electron chi connectivity index (χ0n) is 11.7. The molecule has 0 saturated carbocycles. The number of rotatable bonds is 3. The molecule has 0 unspecified atom stereocenters. The number of aryl methyl sites for hydroxylation is 1. The molecule has 0 aliphatic carbocycles. The second-order valence-corrected chi connectivity index (χ2v) is 5.01. The summed E-state index contributed by atoms with van der Waals surface area (Å²) in [6, 6.07) is 13.2. The molecular formula is C17H16N2O2. The van der Waals surface area contributed by atoms with Crippen LogP contribution in [0.3, 0.4) is 0 Å². The molecule has 2 aromatic carbocycles. The minimum Gasteiger partial charge on any atom is -0.392 e. The highest BCUT2D eigenvalue weighted by Gasteiger charge is 2.25. The Kier molecular flexibility index (Phi) is 3.46. The third-order valence-electron chi connectivity index (χ3n) is 3.55. The Balaban J connectivity index is 1.88. The first kappa shape index (κ1) is 13.4. The molecule has 0 aromatic heterocycles. The lowest BCUT2D eigenvalue weighted by atomic mass is 10.0. The number of nitrogens with one attached hydrogen (secondary N) is 2. The van der Waals surface area contributed by atoms with Crippen molar-refractivity contribution in [1.29, 1.82) is 0 Å². The lowest BCUT2D eigenvalue weighted by molar-refractivity contribution is -0.110. The standard InChI is InChI=1S/C17H16N2O2/c1-11-3-2-4-15-16(11)14(17(21)19-15)9-18-13-7-5-12(10-20)6-8-13/h2-9,18,20H,10H2,1H3,(H,19,21)/b14-9+. The SMILES string of the molecule is Cc1cccc2c1/C(=C\Nc1ccc(CO)cc1)C(=O)N2. The van der Waals surface area contributed by atoms with Gasteiger partial charge in [0.2, 0.25) is 0 Å². The molecule has 0 atom stereocenters. The maximum atomic E-state index is 12.1. The zero-order chi connectivity index (χ0) is 14.8. The van der Waals surface area contributed by atoms with Gasteiger partial charge in [-0.05, 0) is 36.2 Å². The van der Waals surface area contributed by atoms with Crippen LogP contribution in [0.1, 0.15) is 16.7 Å². The number of benzene rings is 2. The first-order valence-electron chi connectivity index (χ1n) is 6.77. The molecule has 1 heterocycles. The van der Waals surface area contributed by atoms with E-state index >= 15 is 0 Å². The summed E-state index contributed by atoms with van der Waals surface area (Å²) < 4.78 is 0. The predicted octanol–water partition coefficient (Wildman–Crippen LogP) is 2.89. The number of aliphatic hydroxyl groups excluding tert-OH is 1. The van der Waals surface area contributed by atoms with Gasteiger partial charge in [-0.25, -0.2) is 0 Å². The third kappa shape index (κ3) is 2.53. The van der Waals surface area contributed by atoms with Crippen LogP contribution in [0.5, 0.6) is 0 Å². The highest BCUT2D eigenvalue weighted by Crippen LogP contribution is 2.34. The fourth-order valence-corrected chi connectivity index (χ4v) is 2.43. The maximum Gasteiger partial charge on any atom is 0.257 e. The molecule has 0 spiro atoms. The third-order valence-corrected chi connectivity index (χ3v) is 3.55. The first-order valence-corrected chi connectivity index (χ1v) is 6.77. The average Bonchev–Trinajstić information content (AvgIpc) is 2.82. The molecule has 4 heteroatoms. The monoisotopic (exact) mass is 280 g/mol. The fourth-order valence-electron chi connectivity index (χ4n) is 2.43. The molecule has 0 radical (unpaired) electrons. The minimum atomic E-state index is -0.0984. The Morgan fingerprint density at radius 3 is 2.67 bits per heavy atom. The molecule has 3 N–H and O–H groups in total. The molecule has 1 aliphatic heterocycles. The summed E-state index contributed by atoms with van der Waals surface area (Å²) in [4.78, 5) is 12.1. The normalized spacial score (nSPS) is 15.0. The summed E-state index contributed by atoms with van der Waals surface area (Å²) in [6.45, 7) is 2.01. The molecule has 1 amide bonds. The van der Waals surface area contributed by atoms with Crippen molar-refractivity contribution < 1.29 is 9.90 Å². The summed E-state index contributed by atoms with van der Waals surface area (Å²) in [5.41, 5.74) is 5.22. The van der Waals surface area contributed by atoms with E-state index in [1.54, 1.807) is 6.20 Å². The van der Waals surface area contributed by atoms with E-state index in [-0.39, 0.29) is 12.5 Å². The topological polar surface area (TPSA) is 61.4 Å². The van der Waals surface area contributed by atoms with Gasteiger partial charge in [-0.15, -0.1) is 0 Å². The van der Waals surface area contributed by atoms with Crippen molar-refractivity contribution in [3.8, 4) is 0 Å². The number of hydrogen-bond acceptors (Lipinski definition) is 3. The highest BCUT2D eigenvalue weighted by atomic mass is 16.3. The van der Waals surface area contributed by atoms with Gasteiger partial charge in [0.25, 0.3) is 5.91 Å². The molecule has 0 saturated heterocycles. The Labute approximate surface area is 123 Å². The van der Waals surface area contributed by atoms with Crippen LogP contribution in [0.15, 0.2) is 48.7 Å². The van der Waals surface area contributed by atoms with E-state index < -0.39 is 0 Å². The quantitative estimate of drug-likeness (QED) is 0.758. The molecular weight excluding hydrogens is 264 g/mol. The van der Waals surface area contributed by atoms with Crippen LogP contribution < -0.4 is 10.6 Å². The van der Waals surface area contributed by atoms with Gasteiger partial charge in [-0.1, -0.05) is 24.3 Å². The first-order chi connectivity index (χ1) is 10.2. The Bertz CT molecular complexity index is 718. The highest BCUT2D eigenvalue weighted by molar-refractivity contribution is 6.32. The fraction of sp³-hybridized carbons (Fsp3) is 0.118. The van der Waals surface area contributed by atoms with Gasteiger partial charge in [0.15, 0.2) is 0 Å². The van der Waals surface area contributed by atoms with Crippen molar-refractivity contribution in [2.45, 2.75) is 13.5 Å². The van der Waals surface area contributed by atoms with Crippen LogP contribution >= 0.6 is 0 Å². The summed E-state index contributed by atoms with van der Waals surface area (Å²) >= 11 is 0. The average molecular weight is 280 g/mol. The van der Waals surface area contributed by atoms with Gasteiger partial charge in [0.05, 0.1) is 12.2 Å². The van der Waals surface area contributed by atoms with E-state index in [9.17, 15) is 4.79 Å². The molecule has 1 aliphatic rings. The predicted molar refractivity (Wildman–Crippen MR) is 83.8 cm³/mol. The molecule has 0 bridgehead atoms. The summed E-state index contributed by atoms with van der Waals surface area (Å²) in [7, 11) is 0. The molecule has 3 rings (SSSR count). The van der Waals surface area contributed by atoms with Gasteiger partial charge < -0.3 is 15.7 Å². The molecule has 4 nitrogen and oxygen atoms in total. The van der Waals surface area contributed by atoms with Gasteiger partial charge >= 0.3 is 0 Å². The van der Waals surface area contributed by atoms with E-state index in [1.165, 1.54) is 0 Å². The molecule has 21 heavy (non-hydrogen) atoms. The minimum absolute atomic E-state index is 0.0242. The number of aliphatic hydroxyl groups is 1. The zero-order valence-corrected chi connectivity index (χ0v) is 11.7. The molecule has 0 fully saturated rings. The second-order valence-electron chi connectivity index (χ2n) is 5.01. The largest absolute Gasteiger partial charge is 0.392 e. The van der Waals surface area contributed by atoms with E-state index in [0.717, 1.165) is 28.1 Å². The summed E-state index contributed by atoms with van der Waals surface area (Å²) in [5.74, 6) is -0.0984. The van der Waals surface area contributed by atoms with Gasteiger partial charge in [0.1, 0.15) is 0 Å². The van der Waals surface area contributed by atoms with Crippen LogP contribution in [0.4, 0.5) is 11.4 Å². The van der Waals surface area contributed by atoms with Crippen molar-refractivity contribution in [3.63, 3.8) is 0 Å². The van der Waals surface area contributed by atoms with E-state index in [1.807, 2.05) is 49.4 Å². The lowest BCUT2D eigenvalue weighted by Gasteiger charge is -2.05. The number of fused-ring (bicyclic) bond motifs is 1. The van der Waals surface area contributed by atoms with Crippen LogP contribution in [0.2, 0.25) is 0 Å². The van der Waals surface area contributed by atoms with Crippen LogP contribution in [-0.2, 0) is 11.4 Å². The van der Waals surface area contributed by atoms with Crippen molar-refractivity contribution in [1.82, 2.24) is 0 Å². The van der Waals surface area contributed by atoms with Crippen molar-refractivity contribution in [2.75, 3.05) is 10.6 Å². The van der Waals surface area contributed by atoms with Crippen molar-refractivity contribution in [3.05, 3.63) is 65.4 Å². The number of carbonyl (C=O) groups excluding carboxylic acids is 1. The van der Waals surface area contributed by atoms with Gasteiger partial charge in [-0.3, -0.25) is 4.79 Å². The summed E-state index contributed by atoms with van der Waals surface area (Å²) in [5, 5.41) is 15.0. The number of carbonyl (C=O) groups is 1. The van der Waals surface area contributed by atoms with Gasteiger partial charge in [0, 0.05) is 23.1 Å². The number of anilines is 2. The van der Waals surface area contributed by atoms with Crippen LogP contribution in [0.25, 0.3) is 5.57 Å². The van der Waals surface area contributed by atoms with Crippen LogP contribution in [-0.4, -0.2) is 11.0 Å². The van der Waals surface area contributed by atoms with E-state index in [2.05, 4.69) is 10.6 Å². The smallest absolute Gasteiger partial charge is 0.257 e. The maximum absolute atomic E-state index is 12.1. The van der Waals surface area contributed by atoms with Crippen LogP contribution in [0, 0.1) is 6.92 Å². The van der Waals surface area contributed by atoms with Gasteiger partial charge in [-0.2, -0.15) is 0 Å². The molecule has 2 aromatic rings. The van der Waals surface area contributed by atoms with E-state index in [0.29, 0.717) is 5.57 Å². The Morgan fingerprint density at radius 1 is 1.19 bits per heavy atom. The lowest BCUT2D eigenvalue weighted by Crippen LogP contribution is -2.05. The summed E-state index contributed by atoms with van der Waals surface area (Å²) in [6.07, 6.45) is 1.72. The Hall–Kier alpha value is -2.59. The van der Waals surface area contributed by atoms with E-state index in [4.69, 9.17) is 5.11 Å². The number of amides is 1. The Morgan fingerprint density at radius 2 is 1.95 bits per heavy atom. The van der Waals surface area contributed by atoms with Crippen molar-refractivity contribution in [2.24, 2.45) is 0 Å². The second kappa shape index (κ2) is 5.42. The van der Waals surface area contributed by atoms with Crippen molar-refractivity contribution >= 4 is 22.9 Å². The molecule has 106 valence electrons.